The zero-order valence-electron chi connectivity index (χ0n) is 9.31. The number of rotatable bonds is 2. The highest BCUT2D eigenvalue weighted by Crippen LogP contribution is 2.42. The quantitative estimate of drug-likeness (QED) is 0.664. The Hall–Kier alpha value is -0.330. The third-order valence-corrected chi connectivity index (χ3v) is 3.57. The number of para-hydroxylation sites is 1. The molecule has 0 bridgehead atoms. The number of benzene rings is 1. The van der Waals surface area contributed by atoms with Gasteiger partial charge < -0.3 is 0 Å². The molecule has 1 unspecified atom stereocenters. The van der Waals surface area contributed by atoms with E-state index in [1.165, 1.54) is 4.41 Å². The maximum absolute atomic E-state index is 12.2. The second kappa shape index (κ2) is 5.35. The Labute approximate surface area is 124 Å². The molecule has 2 amide bonds. The number of nitrogens with one attached hydrogen (secondary N) is 1. The summed E-state index contributed by atoms with van der Waals surface area (Å²) in [5.74, 6) is 0. The van der Waals surface area contributed by atoms with Crippen molar-refractivity contribution in [3.8, 4) is 0 Å². The van der Waals surface area contributed by atoms with Crippen LogP contribution in [0, 0.1) is 0 Å². The number of hydrazine groups is 1. The zero-order chi connectivity index (χ0) is 13.3. The average Bonchev–Trinajstić information content (AvgIpc) is 2.53. The molecule has 18 heavy (non-hydrogen) atoms. The summed E-state index contributed by atoms with van der Waals surface area (Å²) in [7, 11) is 0. The van der Waals surface area contributed by atoms with Gasteiger partial charge in [-0.25, -0.2) is 4.79 Å². The molecule has 0 aromatic heterocycles. The van der Waals surface area contributed by atoms with Crippen LogP contribution < -0.4 is 10.3 Å². The average molecular weight is 327 g/mol. The minimum atomic E-state index is -1.59. The predicted molar refractivity (Wildman–Crippen MR) is 76.6 cm³/mol. The Kier molecular flexibility index (Phi) is 4.18. The molecule has 1 saturated heterocycles. The molecule has 1 aromatic carbocycles. The van der Waals surface area contributed by atoms with E-state index >= 15 is 0 Å². The standard InChI is InChI=1S/C10H10Cl3N3OS/c1-7-14-16(18-10(11,12)13)9(17)15(7)8-5-3-2-4-6-8/h2-7,14H,1H3. The van der Waals surface area contributed by atoms with Crippen molar-refractivity contribution in [1.29, 1.82) is 0 Å². The van der Waals surface area contributed by atoms with Gasteiger partial charge in [0, 0.05) is 17.6 Å². The van der Waals surface area contributed by atoms with Crippen molar-refractivity contribution < 1.29 is 4.79 Å². The van der Waals surface area contributed by atoms with Gasteiger partial charge in [-0.1, -0.05) is 53.0 Å². The van der Waals surface area contributed by atoms with Crippen molar-refractivity contribution in [3.05, 3.63) is 30.3 Å². The van der Waals surface area contributed by atoms with Crippen molar-refractivity contribution in [2.24, 2.45) is 0 Å². The van der Waals surface area contributed by atoms with Gasteiger partial charge in [0.05, 0.1) is 0 Å². The molecule has 1 fully saturated rings. The van der Waals surface area contributed by atoms with E-state index in [2.05, 4.69) is 5.43 Å². The Morgan fingerprint density at radius 3 is 2.44 bits per heavy atom. The molecule has 1 N–H and O–H groups in total. The van der Waals surface area contributed by atoms with Crippen LogP contribution in [0.3, 0.4) is 0 Å². The van der Waals surface area contributed by atoms with E-state index in [-0.39, 0.29) is 12.2 Å². The van der Waals surface area contributed by atoms with Crippen LogP contribution in [0.1, 0.15) is 6.92 Å². The van der Waals surface area contributed by atoms with Crippen molar-refractivity contribution in [1.82, 2.24) is 9.84 Å². The van der Waals surface area contributed by atoms with Gasteiger partial charge in [-0.15, -0.1) is 0 Å². The highest BCUT2D eigenvalue weighted by Gasteiger charge is 2.40. The first-order chi connectivity index (χ1) is 8.38. The van der Waals surface area contributed by atoms with E-state index < -0.39 is 3.12 Å². The van der Waals surface area contributed by atoms with Crippen LogP contribution in [-0.2, 0) is 0 Å². The Morgan fingerprint density at radius 1 is 1.28 bits per heavy atom. The summed E-state index contributed by atoms with van der Waals surface area (Å²) in [5.41, 5.74) is 3.72. The number of amides is 2. The number of nitrogens with zero attached hydrogens (tertiary/aromatic N) is 2. The summed E-state index contributed by atoms with van der Waals surface area (Å²) in [6.45, 7) is 1.85. The van der Waals surface area contributed by atoms with E-state index in [4.69, 9.17) is 34.8 Å². The first kappa shape index (κ1) is 14.1. The Balaban J connectivity index is 2.18. The number of anilines is 1. The molecule has 1 aromatic rings. The topological polar surface area (TPSA) is 35.6 Å². The smallest absolute Gasteiger partial charge is 0.275 e. The number of hydrogen-bond donors (Lipinski definition) is 1. The minimum absolute atomic E-state index is 0.209. The third kappa shape index (κ3) is 3.16. The fourth-order valence-electron chi connectivity index (χ4n) is 1.64. The van der Waals surface area contributed by atoms with Gasteiger partial charge in [-0.3, -0.25) is 4.90 Å². The van der Waals surface area contributed by atoms with E-state index in [9.17, 15) is 4.79 Å². The van der Waals surface area contributed by atoms with Crippen LogP contribution >= 0.6 is 46.8 Å². The van der Waals surface area contributed by atoms with Crippen LogP contribution in [0.2, 0.25) is 0 Å². The summed E-state index contributed by atoms with van der Waals surface area (Å²) in [6.07, 6.45) is -0.209. The molecule has 98 valence electrons. The molecule has 1 heterocycles. The lowest BCUT2D eigenvalue weighted by molar-refractivity contribution is 0.236. The fourth-order valence-corrected chi connectivity index (χ4v) is 2.84. The molecule has 1 aliphatic heterocycles. The summed E-state index contributed by atoms with van der Waals surface area (Å²) in [6, 6.07) is 9.03. The summed E-state index contributed by atoms with van der Waals surface area (Å²) < 4.78 is -0.361. The highest BCUT2D eigenvalue weighted by atomic mass is 35.6. The van der Waals surface area contributed by atoms with Crippen molar-refractivity contribution in [2.75, 3.05) is 4.90 Å². The van der Waals surface area contributed by atoms with Crippen LogP contribution in [-0.4, -0.2) is 19.7 Å². The van der Waals surface area contributed by atoms with Gasteiger partial charge in [0.2, 0.25) is 0 Å². The first-order valence-corrected chi connectivity index (χ1v) is 6.99. The third-order valence-electron chi connectivity index (χ3n) is 2.30. The summed E-state index contributed by atoms with van der Waals surface area (Å²) in [5, 5.41) is 0. The second-order valence-corrected chi connectivity index (χ2v) is 7.74. The van der Waals surface area contributed by atoms with Crippen LogP contribution in [0.15, 0.2) is 30.3 Å². The SMILES string of the molecule is CC1NN(SC(Cl)(Cl)Cl)C(=O)N1c1ccccc1. The molecule has 0 radical (unpaired) electrons. The fraction of sp³-hybridized carbons (Fsp3) is 0.300. The molecule has 0 spiro atoms. The molecule has 0 saturated carbocycles. The normalized spacial score (nSPS) is 20.7. The van der Waals surface area contributed by atoms with Gasteiger partial charge in [0.1, 0.15) is 6.17 Å². The van der Waals surface area contributed by atoms with Crippen molar-refractivity contribution in [3.63, 3.8) is 0 Å². The molecular formula is C10H10Cl3N3OS. The van der Waals surface area contributed by atoms with E-state index in [0.29, 0.717) is 0 Å². The number of carbonyl (C=O) groups is 1. The van der Waals surface area contributed by atoms with Gasteiger partial charge in [0.15, 0.2) is 0 Å². The maximum atomic E-state index is 12.2. The monoisotopic (exact) mass is 325 g/mol. The van der Waals surface area contributed by atoms with Crippen molar-refractivity contribution in [2.45, 2.75) is 16.2 Å². The van der Waals surface area contributed by atoms with Gasteiger partial charge in [-0.2, -0.15) is 9.84 Å². The number of alkyl halides is 3. The Morgan fingerprint density at radius 2 is 1.89 bits per heavy atom. The summed E-state index contributed by atoms with van der Waals surface area (Å²) in [4.78, 5) is 13.8. The van der Waals surface area contributed by atoms with Crippen LogP contribution in [0.25, 0.3) is 0 Å². The number of carbonyl (C=O) groups excluding carboxylic acids is 1. The predicted octanol–water partition coefficient (Wildman–Crippen LogP) is 3.76. The molecule has 4 nitrogen and oxygen atoms in total. The molecule has 0 aliphatic carbocycles. The zero-order valence-corrected chi connectivity index (χ0v) is 12.4. The molecule has 1 aliphatic rings. The van der Waals surface area contributed by atoms with E-state index in [1.54, 1.807) is 4.90 Å². The second-order valence-electron chi connectivity index (χ2n) is 3.62. The number of urea groups is 1. The van der Waals surface area contributed by atoms with E-state index in [0.717, 1.165) is 17.6 Å². The Bertz CT molecular complexity index is 440. The molecule has 8 heteroatoms. The van der Waals surface area contributed by atoms with E-state index in [1.807, 2.05) is 37.3 Å². The van der Waals surface area contributed by atoms with Gasteiger partial charge in [0.25, 0.3) is 3.12 Å². The summed E-state index contributed by atoms with van der Waals surface area (Å²) >= 11 is 17.8. The van der Waals surface area contributed by atoms with Crippen LogP contribution in [0.4, 0.5) is 10.5 Å². The largest absolute Gasteiger partial charge is 0.350 e. The maximum Gasteiger partial charge on any atom is 0.350 e. The number of hydrogen-bond acceptors (Lipinski definition) is 3. The minimum Gasteiger partial charge on any atom is -0.275 e. The highest BCUT2D eigenvalue weighted by molar-refractivity contribution is 8.03. The number of halogens is 3. The van der Waals surface area contributed by atoms with Crippen molar-refractivity contribution >= 4 is 58.5 Å². The lowest BCUT2D eigenvalue weighted by Gasteiger charge is -2.19. The first-order valence-electron chi connectivity index (χ1n) is 5.09. The van der Waals surface area contributed by atoms with Gasteiger partial charge in [-0.05, 0) is 19.1 Å². The van der Waals surface area contributed by atoms with Crippen LogP contribution in [0.5, 0.6) is 0 Å². The lowest BCUT2D eigenvalue weighted by Crippen LogP contribution is -2.34. The molecule has 2 rings (SSSR count). The van der Waals surface area contributed by atoms with Gasteiger partial charge >= 0.3 is 6.03 Å². The molecule has 1 atom stereocenters. The lowest BCUT2D eigenvalue weighted by atomic mass is 10.3. The molecular weight excluding hydrogens is 317 g/mol.